The topological polar surface area (TPSA) is 50.4 Å². The average Bonchev–Trinajstić information content (AvgIpc) is 2.34. The number of halogens is 3. The maximum atomic E-state index is 12.1. The van der Waals surface area contributed by atoms with Gasteiger partial charge in [-0.05, 0) is 19.8 Å². The van der Waals surface area contributed by atoms with Gasteiger partial charge in [0.2, 0.25) is 0 Å². The number of rotatable bonds is 5. The van der Waals surface area contributed by atoms with Crippen LogP contribution in [0.3, 0.4) is 0 Å². The van der Waals surface area contributed by atoms with E-state index in [4.69, 9.17) is 4.74 Å². The first kappa shape index (κ1) is 16.1. The maximum Gasteiger partial charge on any atom is 0.411 e. The lowest BCUT2D eigenvalue weighted by Crippen LogP contribution is -2.42. The molecule has 0 aliphatic heterocycles. The number of amides is 2. The van der Waals surface area contributed by atoms with E-state index in [2.05, 4.69) is 10.6 Å². The first-order valence-corrected chi connectivity index (χ1v) is 6.62. The largest absolute Gasteiger partial charge is 0.411 e. The van der Waals surface area contributed by atoms with Gasteiger partial charge < -0.3 is 15.4 Å². The van der Waals surface area contributed by atoms with Crippen molar-refractivity contribution in [3.8, 4) is 0 Å². The van der Waals surface area contributed by atoms with Crippen molar-refractivity contribution in [2.75, 3.05) is 19.7 Å². The van der Waals surface area contributed by atoms with E-state index >= 15 is 0 Å². The summed E-state index contributed by atoms with van der Waals surface area (Å²) in [7, 11) is 0. The van der Waals surface area contributed by atoms with Crippen molar-refractivity contribution in [2.45, 2.75) is 44.9 Å². The van der Waals surface area contributed by atoms with Gasteiger partial charge in [0, 0.05) is 19.0 Å². The summed E-state index contributed by atoms with van der Waals surface area (Å²) in [6.45, 7) is 1.46. The molecule has 4 nitrogen and oxygen atoms in total. The summed E-state index contributed by atoms with van der Waals surface area (Å²) in [4.78, 5) is 11.3. The Morgan fingerprint density at radius 3 is 2.58 bits per heavy atom. The van der Waals surface area contributed by atoms with Crippen LogP contribution in [0.2, 0.25) is 0 Å². The fourth-order valence-electron chi connectivity index (χ4n) is 2.27. The van der Waals surface area contributed by atoms with Gasteiger partial charge in [-0.15, -0.1) is 0 Å². The first-order chi connectivity index (χ1) is 8.92. The number of hydrogen-bond donors (Lipinski definition) is 2. The molecule has 2 amide bonds. The van der Waals surface area contributed by atoms with Crippen LogP contribution in [0.4, 0.5) is 18.0 Å². The van der Waals surface area contributed by atoms with Gasteiger partial charge in [0.25, 0.3) is 0 Å². The molecular formula is C12H21F3N2O2. The fourth-order valence-corrected chi connectivity index (χ4v) is 2.27. The highest BCUT2D eigenvalue weighted by Crippen LogP contribution is 2.28. The van der Waals surface area contributed by atoms with Crippen LogP contribution in [0.15, 0.2) is 0 Å². The Balaban J connectivity index is 2.37. The maximum absolute atomic E-state index is 12.1. The molecule has 0 aromatic heterocycles. The van der Waals surface area contributed by atoms with Crippen molar-refractivity contribution < 1.29 is 22.7 Å². The molecule has 2 N–H and O–H groups in total. The van der Waals surface area contributed by atoms with Crippen molar-refractivity contribution in [3.63, 3.8) is 0 Å². The smallest absolute Gasteiger partial charge is 0.368 e. The van der Waals surface area contributed by atoms with Gasteiger partial charge in [-0.25, -0.2) is 4.79 Å². The lowest BCUT2D eigenvalue weighted by atomic mass is 9.86. The SMILES string of the molecule is CCNC(=O)NC[C@@H]1CCCC[C@H]1OCC(F)(F)F. The van der Waals surface area contributed by atoms with Crippen LogP contribution in [-0.4, -0.2) is 38.0 Å². The number of hydrogen-bond acceptors (Lipinski definition) is 2. The highest BCUT2D eigenvalue weighted by molar-refractivity contribution is 5.73. The molecular weight excluding hydrogens is 261 g/mol. The van der Waals surface area contributed by atoms with Gasteiger partial charge in [-0.2, -0.15) is 13.2 Å². The van der Waals surface area contributed by atoms with E-state index in [0.717, 1.165) is 19.3 Å². The normalized spacial score (nSPS) is 24.0. The monoisotopic (exact) mass is 282 g/mol. The zero-order valence-electron chi connectivity index (χ0n) is 11.1. The quantitative estimate of drug-likeness (QED) is 0.813. The highest BCUT2D eigenvalue weighted by Gasteiger charge is 2.33. The molecule has 1 saturated carbocycles. The van der Waals surface area contributed by atoms with Crippen LogP contribution < -0.4 is 10.6 Å². The van der Waals surface area contributed by atoms with Gasteiger partial charge >= 0.3 is 12.2 Å². The summed E-state index contributed by atoms with van der Waals surface area (Å²) in [6, 6.07) is -0.289. The minimum Gasteiger partial charge on any atom is -0.368 e. The van der Waals surface area contributed by atoms with Gasteiger partial charge in [0.15, 0.2) is 0 Å². The zero-order valence-corrected chi connectivity index (χ0v) is 11.1. The molecule has 0 unspecified atom stereocenters. The van der Waals surface area contributed by atoms with Crippen molar-refractivity contribution in [3.05, 3.63) is 0 Å². The van der Waals surface area contributed by atoms with E-state index in [1.54, 1.807) is 6.92 Å². The molecule has 0 aromatic rings. The molecule has 0 aromatic carbocycles. The second-order valence-corrected chi connectivity index (χ2v) is 4.75. The summed E-state index contributed by atoms with van der Waals surface area (Å²) >= 11 is 0. The standard InChI is InChI=1S/C12H21F3N2O2/c1-2-16-11(18)17-7-9-5-3-4-6-10(9)19-8-12(13,14)15/h9-10H,2-8H2,1H3,(H2,16,17,18)/t9-,10+/m0/s1. The highest BCUT2D eigenvalue weighted by atomic mass is 19.4. The zero-order chi connectivity index (χ0) is 14.3. The molecule has 0 radical (unpaired) electrons. The molecule has 0 spiro atoms. The van der Waals surface area contributed by atoms with Crippen molar-refractivity contribution in [1.82, 2.24) is 10.6 Å². The second kappa shape index (κ2) is 7.57. The van der Waals surface area contributed by atoms with E-state index in [1.165, 1.54) is 0 Å². The van der Waals surface area contributed by atoms with E-state index in [1.807, 2.05) is 0 Å². The third-order valence-corrected chi connectivity index (χ3v) is 3.16. The molecule has 0 saturated heterocycles. The predicted octanol–water partition coefficient (Wildman–Crippen LogP) is 2.44. The van der Waals surface area contributed by atoms with E-state index in [-0.39, 0.29) is 11.9 Å². The minimum atomic E-state index is -4.30. The Labute approximate surface area is 111 Å². The van der Waals surface area contributed by atoms with Gasteiger partial charge in [-0.3, -0.25) is 0 Å². The van der Waals surface area contributed by atoms with Crippen LogP contribution in [0.1, 0.15) is 32.6 Å². The molecule has 112 valence electrons. The lowest BCUT2D eigenvalue weighted by Gasteiger charge is -2.31. The van der Waals surface area contributed by atoms with Crippen molar-refractivity contribution in [2.24, 2.45) is 5.92 Å². The van der Waals surface area contributed by atoms with E-state index in [9.17, 15) is 18.0 Å². The predicted molar refractivity (Wildman–Crippen MR) is 64.8 cm³/mol. The molecule has 0 bridgehead atoms. The summed E-state index contributed by atoms with van der Waals surface area (Å²) in [5.74, 6) is -0.0429. The van der Waals surface area contributed by atoms with Crippen LogP contribution in [-0.2, 0) is 4.74 Å². The minimum absolute atomic E-state index is 0.0429. The van der Waals surface area contributed by atoms with Crippen LogP contribution in [0.5, 0.6) is 0 Å². The Hall–Kier alpha value is -0.980. The van der Waals surface area contributed by atoms with Gasteiger partial charge in [0.1, 0.15) is 6.61 Å². The number of alkyl halides is 3. The molecule has 2 atom stereocenters. The Morgan fingerprint density at radius 1 is 1.26 bits per heavy atom. The third kappa shape index (κ3) is 6.66. The lowest BCUT2D eigenvalue weighted by molar-refractivity contribution is -0.193. The Morgan fingerprint density at radius 2 is 1.95 bits per heavy atom. The molecule has 0 heterocycles. The van der Waals surface area contributed by atoms with Gasteiger partial charge in [0.05, 0.1) is 6.10 Å². The summed E-state index contributed by atoms with van der Waals surface area (Å²) in [5, 5.41) is 5.25. The number of urea groups is 1. The first-order valence-electron chi connectivity index (χ1n) is 6.62. The third-order valence-electron chi connectivity index (χ3n) is 3.16. The molecule has 1 aliphatic rings. The van der Waals surface area contributed by atoms with Crippen LogP contribution >= 0.6 is 0 Å². The molecule has 1 aliphatic carbocycles. The summed E-state index contributed by atoms with van der Waals surface area (Å²) in [5.41, 5.74) is 0. The van der Waals surface area contributed by atoms with Gasteiger partial charge in [-0.1, -0.05) is 12.8 Å². The van der Waals surface area contributed by atoms with Crippen LogP contribution in [0.25, 0.3) is 0 Å². The number of carbonyl (C=O) groups is 1. The van der Waals surface area contributed by atoms with Crippen molar-refractivity contribution >= 4 is 6.03 Å². The average molecular weight is 282 g/mol. The molecule has 19 heavy (non-hydrogen) atoms. The van der Waals surface area contributed by atoms with Crippen LogP contribution in [0, 0.1) is 5.92 Å². The number of ether oxygens (including phenoxy) is 1. The summed E-state index contributed by atoms with van der Waals surface area (Å²) < 4.78 is 41.4. The van der Waals surface area contributed by atoms with E-state index < -0.39 is 18.9 Å². The molecule has 1 fully saturated rings. The second-order valence-electron chi connectivity index (χ2n) is 4.75. The Kier molecular flexibility index (Phi) is 6.41. The molecule has 1 rings (SSSR count). The van der Waals surface area contributed by atoms with E-state index in [0.29, 0.717) is 19.5 Å². The Bertz CT molecular complexity index is 285. The summed E-state index contributed by atoms with van der Waals surface area (Å²) in [6.07, 6.45) is -1.47. The number of nitrogens with one attached hydrogen (secondary N) is 2. The fraction of sp³-hybridized carbons (Fsp3) is 0.917. The van der Waals surface area contributed by atoms with Crippen molar-refractivity contribution in [1.29, 1.82) is 0 Å². The molecule has 7 heteroatoms. The number of carbonyl (C=O) groups excluding carboxylic acids is 1.